The van der Waals surface area contributed by atoms with Crippen molar-refractivity contribution in [2.75, 3.05) is 5.32 Å². The molecule has 3 nitrogen and oxygen atoms in total. The number of amides is 1. The van der Waals surface area contributed by atoms with Gasteiger partial charge in [0, 0.05) is 12.2 Å². The Kier molecular flexibility index (Phi) is 2.73. The number of benzene rings is 1. The molecule has 2 N–H and O–H groups in total. The van der Waals surface area contributed by atoms with Gasteiger partial charge in [-0.2, -0.15) is 0 Å². The molecule has 0 aliphatic carbocycles. The molecule has 1 aliphatic rings. The number of rotatable bonds is 1. The summed E-state index contributed by atoms with van der Waals surface area (Å²) in [6, 6.07) is 7.80. The van der Waals surface area contributed by atoms with Crippen LogP contribution in [0, 0.1) is 5.92 Å². The topological polar surface area (TPSA) is 41.1 Å². The standard InChI is InChI=1S/C12H16N2O/c1-8(2)11-12(15)14-10-6-4-3-5-9(10)7-13-11/h3-6,8,11,13H,7H2,1-2H3,(H,14,15)/t11-/m0/s1. The quantitative estimate of drug-likeness (QED) is 0.731. The zero-order chi connectivity index (χ0) is 10.8. The molecular weight excluding hydrogens is 188 g/mol. The van der Waals surface area contributed by atoms with E-state index in [2.05, 4.69) is 10.6 Å². The van der Waals surface area contributed by atoms with Gasteiger partial charge in [0.2, 0.25) is 5.91 Å². The molecule has 0 spiro atoms. The first-order chi connectivity index (χ1) is 7.18. The second-order valence-electron chi connectivity index (χ2n) is 4.25. The molecule has 3 heteroatoms. The van der Waals surface area contributed by atoms with Crippen molar-refractivity contribution in [1.29, 1.82) is 0 Å². The summed E-state index contributed by atoms with van der Waals surface area (Å²) in [6.07, 6.45) is 0. The van der Waals surface area contributed by atoms with Gasteiger partial charge in [0.1, 0.15) is 0 Å². The molecule has 1 aromatic rings. The summed E-state index contributed by atoms with van der Waals surface area (Å²) in [4.78, 5) is 11.8. The highest BCUT2D eigenvalue weighted by molar-refractivity contribution is 5.96. The average Bonchev–Trinajstić information content (AvgIpc) is 2.35. The fourth-order valence-corrected chi connectivity index (χ4v) is 1.86. The molecule has 0 aromatic heterocycles. The largest absolute Gasteiger partial charge is 0.324 e. The van der Waals surface area contributed by atoms with Crippen LogP contribution in [0.5, 0.6) is 0 Å². The van der Waals surface area contributed by atoms with Crippen LogP contribution >= 0.6 is 0 Å². The Hall–Kier alpha value is -1.35. The van der Waals surface area contributed by atoms with Crippen LogP contribution in [0.2, 0.25) is 0 Å². The molecule has 1 amide bonds. The fourth-order valence-electron chi connectivity index (χ4n) is 1.86. The third-order valence-corrected chi connectivity index (χ3v) is 2.74. The number of hydrogen-bond acceptors (Lipinski definition) is 2. The van der Waals surface area contributed by atoms with Crippen LogP contribution in [-0.2, 0) is 11.3 Å². The van der Waals surface area contributed by atoms with Crippen LogP contribution in [0.25, 0.3) is 0 Å². The smallest absolute Gasteiger partial charge is 0.241 e. The molecule has 0 saturated heterocycles. The Morgan fingerprint density at radius 3 is 2.80 bits per heavy atom. The van der Waals surface area contributed by atoms with E-state index in [1.54, 1.807) is 0 Å². The Morgan fingerprint density at radius 1 is 1.33 bits per heavy atom. The minimum atomic E-state index is -0.0996. The average molecular weight is 204 g/mol. The predicted molar refractivity (Wildman–Crippen MR) is 60.5 cm³/mol. The van der Waals surface area contributed by atoms with Crippen molar-refractivity contribution >= 4 is 11.6 Å². The van der Waals surface area contributed by atoms with Gasteiger partial charge in [-0.3, -0.25) is 4.79 Å². The highest BCUT2D eigenvalue weighted by Gasteiger charge is 2.25. The number of fused-ring (bicyclic) bond motifs is 1. The lowest BCUT2D eigenvalue weighted by atomic mass is 10.0. The molecule has 2 rings (SSSR count). The maximum atomic E-state index is 11.8. The summed E-state index contributed by atoms with van der Waals surface area (Å²) < 4.78 is 0. The van der Waals surface area contributed by atoms with E-state index in [1.165, 1.54) is 0 Å². The van der Waals surface area contributed by atoms with Gasteiger partial charge in [-0.25, -0.2) is 0 Å². The second kappa shape index (κ2) is 4.03. The molecule has 1 aliphatic heterocycles. The van der Waals surface area contributed by atoms with Crippen molar-refractivity contribution in [1.82, 2.24) is 5.32 Å². The maximum Gasteiger partial charge on any atom is 0.241 e. The molecule has 0 radical (unpaired) electrons. The van der Waals surface area contributed by atoms with Crippen LogP contribution in [0.1, 0.15) is 19.4 Å². The zero-order valence-corrected chi connectivity index (χ0v) is 9.08. The second-order valence-corrected chi connectivity index (χ2v) is 4.25. The third kappa shape index (κ3) is 2.02. The van der Waals surface area contributed by atoms with E-state index in [0.717, 1.165) is 17.8 Å². The van der Waals surface area contributed by atoms with Crippen molar-refractivity contribution < 1.29 is 4.79 Å². The summed E-state index contributed by atoms with van der Waals surface area (Å²) in [7, 11) is 0. The van der Waals surface area contributed by atoms with Gasteiger partial charge in [0.05, 0.1) is 6.04 Å². The lowest BCUT2D eigenvalue weighted by Gasteiger charge is -2.17. The van der Waals surface area contributed by atoms with Gasteiger partial charge >= 0.3 is 0 Å². The Morgan fingerprint density at radius 2 is 2.07 bits per heavy atom. The molecule has 0 fully saturated rings. The van der Waals surface area contributed by atoms with Crippen LogP contribution in [0.3, 0.4) is 0 Å². The Bertz CT molecular complexity index is 374. The minimum Gasteiger partial charge on any atom is -0.324 e. The molecule has 1 heterocycles. The summed E-state index contributed by atoms with van der Waals surface area (Å²) in [5.41, 5.74) is 2.08. The zero-order valence-electron chi connectivity index (χ0n) is 9.08. The Balaban J connectivity index is 2.26. The van der Waals surface area contributed by atoms with E-state index in [9.17, 15) is 4.79 Å². The van der Waals surface area contributed by atoms with E-state index in [4.69, 9.17) is 0 Å². The monoisotopic (exact) mass is 204 g/mol. The van der Waals surface area contributed by atoms with Gasteiger partial charge in [-0.1, -0.05) is 32.0 Å². The van der Waals surface area contributed by atoms with Crippen molar-refractivity contribution in [2.45, 2.75) is 26.4 Å². The summed E-state index contributed by atoms with van der Waals surface area (Å²) in [6.45, 7) is 4.85. The summed E-state index contributed by atoms with van der Waals surface area (Å²) in [5, 5.41) is 6.23. The molecule has 1 atom stereocenters. The van der Waals surface area contributed by atoms with E-state index >= 15 is 0 Å². The van der Waals surface area contributed by atoms with Crippen molar-refractivity contribution in [3.63, 3.8) is 0 Å². The minimum absolute atomic E-state index is 0.0648. The van der Waals surface area contributed by atoms with E-state index in [0.29, 0.717) is 5.92 Å². The SMILES string of the molecule is CC(C)[C@@H]1NCc2ccccc2NC1=O. The van der Waals surface area contributed by atoms with Crippen LogP contribution < -0.4 is 10.6 Å². The summed E-state index contributed by atoms with van der Waals surface area (Å²) >= 11 is 0. The molecule has 1 aromatic carbocycles. The predicted octanol–water partition coefficient (Wildman–Crippen LogP) is 1.75. The molecule has 0 saturated carbocycles. The highest BCUT2D eigenvalue weighted by atomic mass is 16.2. The third-order valence-electron chi connectivity index (χ3n) is 2.74. The van der Waals surface area contributed by atoms with Crippen molar-refractivity contribution in [3.05, 3.63) is 29.8 Å². The molecular formula is C12H16N2O. The van der Waals surface area contributed by atoms with Crippen LogP contribution in [-0.4, -0.2) is 11.9 Å². The molecule has 80 valence electrons. The first kappa shape index (κ1) is 10.2. The lowest BCUT2D eigenvalue weighted by Crippen LogP contribution is -2.41. The number of para-hydroxylation sites is 1. The normalized spacial score (nSPS) is 20.7. The molecule has 15 heavy (non-hydrogen) atoms. The van der Waals surface area contributed by atoms with E-state index in [1.807, 2.05) is 38.1 Å². The van der Waals surface area contributed by atoms with Gasteiger partial charge in [-0.05, 0) is 17.5 Å². The highest BCUT2D eigenvalue weighted by Crippen LogP contribution is 2.19. The first-order valence-corrected chi connectivity index (χ1v) is 5.30. The maximum absolute atomic E-state index is 11.8. The number of anilines is 1. The fraction of sp³-hybridized carbons (Fsp3) is 0.417. The Labute approximate surface area is 89.9 Å². The van der Waals surface area contributed by atoms with Gasteiger partial charge in [0.15, 0.2) is 0 Å². The van der Waals surface area contributed by atoms with Gasteiger partial charge in [0.25, 0.3) is 0 Å². The molecule has 0 unspecified atom stereocenters. The van der Waals surface area contributed by atoms with Gasteiger partial charge < -0.3 is 10.6 Å². The first-order valence-electron chi connectivity index (χ1n) is 5.30. The van der Waals surface area contributed by atoms with Crippen molar-refractivity contribution in [3.8, 4) is 0 Å². The molecule has 0 bridgehead atoms. The van der Waals surface area contributed by atoms with Crippen LogP contribution in [0.4, 0.5) is 5.69 Å². The lowest BCUT2D eigenvalue weighted by molar-refractivity contribution is -0.119. The summed E-state index contributed by atoms with van der Waals surface area (Å²) in [5.74, 6) is 0.370. The van der Waals surface area contributed by atoms with E-state index in [-0.39, 0.29) is 11.9 Å². The number of carbonyl (C=O) groups excluding carboxylic acids is 1. The number of hydrogen-bond donors (Lipinski definition) is 2. The van der Waals surface area contributed by atoms with Gasteiger partial charge in [-0.15, -0.1) is 0 Å². The van der Waals surface area contributed by atoms with Crippen molar-refractivity contribution in [2.24, 2.45) is 5.92 Å². The number of nitrogens with one attached hydrogen (secondary N) is 2. The van der Waals surface area contributed by atoms with E-state index < -0.39 is 0 Å². The van der Waals surface area contributed by atoms with Crippen LogP contribution in [0.15, 0.2) is 24.3 Å². The number of carbonyl (C=O) groups is 1.